The van der Waals surface area contributed by atoms with Gasteiger partial charge in [0, 0.05) is 22.4 Å². The fourth-order valence-electron chi connectivity index (χ4n) is 5.84. The first-order chi connectivity index (χ1) is 17.6. The quantitative estimate of drug-likeness (QED) is 0.243. The SMILES string of the molecule is CC1(C)c2cccc3ccc4cc(-c5ccc(N(c6ccccc6)c6ccccc6)cn5)cc1c4c23. The van der Waals surface area contributed by atoms with Crippen LogP contribution in [0.5, 0.6) is 0 Å². The molecule has 1 heterocycles. The highest BCUT2D eigenvalue weighted by atomic mass is 15.1. The molecule has 0 saturated heterocycles. The molecule has 5 aromatic carbocycles. The van der Waals surface area contributed by atoms with Gasteiger partial charge in [-0.05, 0) is 81.2 Å². The van der Waals surface area contributed by atoms with Crippen LogP contribution >= 0.6 is 0 Å². The Balaban J connectivity index is 1.34. The van der Waals surface area contributed by atoms with Crippen molar-refractivity contribution in [2.75, 3.05) is 4.90 Å². The zero-order chi connectivity index (χ0) is 24.3. The van der Waals surface area contributed by atoms with Crippen LogP contribution in [0.4, 0.5) is 17.1 Å². The lowest BCUT2D eigenvalue weighted by Crippen LogP contribution is -2.15. The van der Waals surface area contributed by atoms with Gasteiger partial charge in [0.15, 0.2) is 0 Å². The zero-order valence-corrected chi connectivity index (χ0v) is 20.4. The second-order valence-electron chi connectivity index (χ2n) is 10.1. The van der Waals surface area contributed by atoms with Gasteiger partial charge in [0.05, 0.1) is 17.6 Å². The van der Waals surface area contributed by atoms with Crippen molar-refractivity contribution in [2.24, 2.45) is 0 Å². The molecule has 0 atom stereocenters. The van der Waals surface area contributed by atoms with Gasteiger partial charge in [0.25, 0.3) is 0 Å². The van der Waals surface area contributed by atoms with E-state index in [0.29, 0.717) is 0 Å². The molecular formula is C34H26N2. The molecule has 0 saturated carbocycles. The summed E-state index contributed by atoms with van der Waals surface area (Å²) in [5.74, 6) is 0. The molecule has 1 aliphatic rings. The molecule has 1 aromatic heterocycles. The van der Waals surface area contributed by atoms with Gasteiger partial charge < -0.3 is 4.90 Å². The summed E-state index contributed by atoms with van der Waals surface area (Å²) in [5, 5.41) is 5.41. The Hall–Kier alpha value is -4.43. The molecule has 0 spiro atoms. The second-order valence-corrected chi connectivity index (χ2v) is 10.1. The van der Waals surface area contributed by atoms with Gasteiger partial charge in [0.2, 0.25) is 0 Å². The van der Waals surface area contributed by atoms with Crippen molar-refractivity contribution in [3.05, 3.63) is 133 Å². The van der Waals surface area contributed by atoms with Crippen LogP contribution in [0.25, 0.3) is 32.8 Å². The van der Waals surface area contributed by atoms with E-state index >= 15 is 0 Å². The van der Waals surface area contributed by atoms with E-state index in [1.165, 1.54) is 32.7 Å². The minimum Gasteiger partial charge on any atom is -0.309 e. The highest BCUT2D eigenvalue weighted by Gasteiger charge is 2.34. The largest absolute Gasteiger partial charge is 0.309 e. The van der Waals surface area contributed by atoms with Crippen molar-refractivity contribution < 1.29 is 0 Å². The van der Waals surface area contributed by atoms with E-state index in [0.717, 1.165) is 28.3 Å². The molecule has 0 unspecified atom stereocenters. The maximum atomic E-state index is 4.97. The van der Waals surface area contributed by atoms with E-state index in [-0.39, 0.29) is 5.41 Å². The third-order valence-corrected chi connectivity index (χ3v) is 7.64. The minimum atomic E-state index is -0.0329. The van der Waals surface area contributed by atoms with E-state index in [9.17, 15) is 0 Å². The Kier molecular flexibility index (Phi) is 4.52. The lowest BCUT2D eigenvalue weighted by atomic mass is 9.81. The van der Waals surface area contributed by atoms with Crippen LogP contribution in [0.3, 0.4) is 0 Å². The highest BCUT2D eigenvalue weighted by Crippen LogP contribution is 2.49. The molecule has 0 aliphatic heterocycles. The van der Waals surface area contributed by atoms with Crippen LogP contribution in [-0.4, -0.2) is 4.98 Å². The highest BCUT2D eigenvalue weighted by molar-refractivity contribution is 6.15. The fourth-order valence-corrected chi connectivity index (χ4v) is 5.84. The monoisotopic (exact) mass is 462 g/mol. The summed E-state index contributed by atoms with van der Waals surface area (Å²) in [7, 11) is 0. The zero-order valence-electron chi connectivity index (χ0n) is 20.4. The van der Waals surface area contributed by atoms with Gasteiger partial charge in [-0.2, -0.15) is 0 Å². The number of rotatable bonds is 4. The van der Waals surface area contributed by atoms with Crippen LogP contribution in [-0.2, 0) is 5.41 Å². The van der Waals surface area contributed by atoms with Gasteiger partial charge >= 0.3 is 0 Å². The van der Waals surface area contributed by atoms with Crippen LogP contribution in [0.2, 0.25) is 0 Å². The van der Waals surface area contributed by atoms with Gasteiger partial charge in [-0.1, -0.05) is 80.6 Å². The maximum Gasteiger partial charge on any atom is 0.0703 e. The summed E-state index contributed by atoms with van der Waals surface area (Å²) in [6.07, 6.45) is 1.99. The first kappa shape index (κ1) is 20.9. The van der Waals surface area contributed by atoms with Crippen molar-refractivity contribution in [2.45, 2.75) is 19.3 Å². The first-order valence-corrected chi connectivity index (χ1v) is 12.5. The van der Waals surface area contributed by atoms with Crippen molar-refractivity contribution in [1.29, 1.82) is 0 Å². The molecule has 172 valence electrons. The second kappa shape index (κ2) is 7.79. The normalized spacial score (nSPS) is 13.5. The summed E-state index contributed by atoms with van der Waals surface area (Å²) in [4.78, 5) is 7.21. The summed E-state index contributed by atoms with van der Waals surface area (Å²) in [6, 6.07) is 41.1. The number of benzene rings is 5. The van der Waals surface area contributed by atoms with Crippen molar-refractivity contribution in [3.63, 3.8) is 0 Å². The van der Waals surface area contributed by atoms with Crippen molar-refractivity contribution in [3.8, 4) is 11.3 Å². The lowest BCUT2D eigenvalue weighted by molar-refractivity contribution is 0.663. The maximum absolute atomic E-state index is 4.97. The van der Waals surface area contributed by atoms with Gasteiger partial charge in [-0.25, -0.2) is 0 Å². The van der Waals surface area contributed by atoms with E-state index in [1.807, 2.05) is 18.3 Å². The summed E-state index contributed by atoms with van der Waals surface area (Å²) in [5.41, 5.74) is 8.19. The number of para-hydroxylation sites is 2. The molecule has 0 radical (unpaired) electrons. The first-order valence-electron chi connectivity index (χ1n) is 12.5. The predicted octanol–water partition coefficient (Wildman–Crippen LogP) is 9.16. The Bertz CT molecular complexity index is 1690. The van der Waals surface area contributed by atoms with Gasteiger partial charge in [0.1, 0.15) is 0 Å². The molecular weight excluding hydrogens is 436 g/mol. The van der Waals surface area contributed by atoms with Crippen molar-refractivity contribution >= 4 is 38.6 Å². The van der Waals surface area contributed by atoms with Crippen LogP contribution < -0.4 is 4.90 Å². The summed E-state index contributed by atoms with van der Waals surface area (Å²) in [6.45, 7) is 4.68. The number of anilines is 3. The summed E-state index contributed by atoms with van der Waals surface area (Å²) < 4.78 is 0. The molecule has 0 bridgehead atoms. The lowest BCUT2D eigenvalue weighted by Gasteiger charge is -2.25. The molecule has 7 rings (SSSR count). The molecule has 0 fully saturated rings. The minimum absolute atomic E-state index is 0.0329. The fraction of sp³-hybridized carbons (Fsp3) is 0.0882. The number of nitrogens with zero attached hydrogens (tertiary/aromatic N) is 2. The van der Waals surface area contributed by atoms with E-state index in [2.05, 4.69) is 122 Å². The Labute approximate surface area is 211 Å². The molecule has 2 nitrogen and oxygen atoms in total. The number of pyridine rings is 1. The average molecular weight is 463 g/mol. The molecule has 1 aliphatic carbocycles. The molecule has 6 aromatic rings. The van der Waals surface area contributed by atoms with E-state index in [1.54, 1.807) is 0 Å². The number of aromatic nitrogens is 1. The third-order valence-electron chi connectivity index (χ3n) is 7.64. The number of hydrogen-bond donors (Lipinski definition) is 0. The number of hydrogen-bond acceptors (Lipinski definition) is 2. The van der Waals surface area contributed by atoms with Crippen LogP contribution in [0, 0.1) is 0 Å². The Morgan fingerprint density at radius 1 is 0.556 bits per heavy atom. The molecule has 0 N–H and O–H groups in total. The van der Waals surface area contributed by atoms with Gasteiger partial charge in [-0.15, -0.1) is 0 Å². The predicted molar refractivity (Wildman–Crippen MR) is 151 cm³/mol. The third kappa shape index (κ3) is 3.08. The van der Waals surface area contributed by atoms with Crippen LogP contribution in [0.1, 0.15) is 25.0 Å². The molecule has 2 heteroatoms. The Morgan fingerprint density at radius 2 is 1.22 bits per heavy atom. The standard InChI is InChI=1S/C34H26N2/c1-34(2)29-15-9-10-23-16-17-24-20-25(21-30(34)33(24)32(23)29)31-19-18-28(22-35-31)36(26-11-5-3-6-12-26)27-13-7-4-8-14-27/h3-22H,1-2H3. The van der Waals surface area contributed by atoms with Gasteiger partial charge in [-0.3, -0.25) is 4.98 Å². The topological polar surface area (TPSA) is 16.1 Å². The van der Waals surface area contributed by atoms with Crippen LogP contribution in [0.15, 0.2) is 121 Å². The van der Waals surface area contributed by atoms with E-state index < -0.39 is 0 Å². The van der Waals surface area contributed by atoms with E-state index in [4.69, 9.17) is 4.98 Å². The smallest absolute Gasteiger partial charge is 0.0703 e. The Morgan fingerprint density at radius 3 is 1.89 bits per heavy atom. The molecule has 36 heavy (non-hydrogen) atoms. The molecule has 0 amide bonds. The summed E-state index contributed by atoms with van der Waals surface area (Å²) >= 11 is 0. The average Bonchev–Trinajstić information content (AvgIpc) is 3.17. The van der Waals surface area contributed by atoms with Crippen molar-refractivity contribution in [1.82, 2.24) is 4.98 Å².